The van der Waals surface area contributed by atoms with E-state index in [1.807, 2.05) is 0 Å². The lowest BCUT2D eigenvalue weighted by atomic mass is 10.4. The third kappa shape index (κ3) is 1.82. The van der Waals surface area contributed by atoms with Gasteiger partial charge in [-0.2, -0.15) is 4.68 Å². The van der Waals surface area contributed by atoms with Gasteiger partial charge in [-0.25, -0.2) is 0 Å². The summed E-state index contributed by atoms with van der Waals surface area (Å²) in [4.78, 5) is 9.80. The van der Waals surface area contributed by atoms with Gasteiger partial charge in [-0.05, 0) is 11.8 Å². The van der Waals surface area contributed by atoms with Gasteiger partial charge in [0, 0.05) is 5.33 Å². The summed E-state index contributed by atoms with van der Waals surface area (Å²) >= 11 is 3.24. The first-order valence-electron chi connectivity index (χ1n) is 3.40. The van der Waals surface area contributed by atoms with Crippen molar-refractivity contribution < 1.29 is 4.92 Å². The van der Waals surface area contributed by atoms with Crippen molar-refractivity contribution >= 4 is 21.7 Å². The Labute approximate surface area is 77.7 Å². The molecule has 0 atom stereocenters. The van der Waals surface area contributed by atoms with E-state index in [9.17, 15) is 10.1 Å². The fourth-order valence-electron chi connectivity index (χ4n) is 0.888. The number of aryl methyl sites for hydroxylation is 2. The minimum absolute atomic E-state index is 0.0894. The molecule has 0 aromatic carbocycles. The second kappa shape index (κ2) is 3.66. The number of nitrogens with zero attached hydrogens (tertiary/aromatic N) is 3. The van der Waals surface area contributed by atoms with Crippen LogP contribution in [0.25, 0.3) is 0 Å². The van der Waals surface area contributed by atoms with Crippen LogP contribution in [0.1, 0.15) is 5.69 Å². The normalized spacial score (nSPS) is 10.2. The summed E-state index contributed by atoms with van der Waals surface area (Å²) in [6.45, 7) is 2.45. The Morgan fingerprint density at radius 1 is 1.83 bits per heavy atom. The lowest BCUT2D eigenvalue weighted by Gasteiger charge is -1.92. The third-order valence-corrected chi connectivity index (χ3v) is 1.81. The first-order valence-corrected chi connectivity index (χ1v) is 4.52. The molecule has 0 N–H and O–H groups in total. The van der Waals surface area contributed by atoms with Gasteiger partial charge < -0.3 is 10.1 Å². The Morgan fingerprint density at radius 3 is 2.92 bits per heavy atom. The lowest BCUT2D eigenvalue weighted by molar-refractivity contribution is -0.389. The van der Waals surface area contributed by atoms with Gasteiger partial charge in [0.2, 0.25) is 0 Å². The average molecular weight is 234 g/mol. The maximum Gasteiger partial charge on any atom is 0.390 e. The van der Waals surface area contributed by atoms with Crippen molar-refractivity contribution in [2.24, 2.45) is 0 Å². The molecule has 0 spiro atoms. The monoisotopic (exact) mass is 233 g/mol. The summed E-state index contributed by atoms with van der Waals surface area (Å²) in [6.07, 6.45) is 0. The Hall–Kier alpha value is -0.910. The minimum atomic E-state index is -0.488. The molecule has 0 aliphatic carbocycles. The number of alkyl halides is 1. The largest absolute Gasteiger partial charge is 0.390 e. The molecule has 5 nitrogen and oxygen atoms in total. The highest BCUT2D eigenvalue weighted by atomic mass is 79.9. The zero-order valence-electron chi connectivity index (χ0n) is 6.53. The van der Waals surface area contributed by atoms with Crippen LogP contribution in [0, 0.1) is 17.0 Å². The average Bonchev–Trinajstić information content (AvgIpc) is 2.34. The van der Waals surface area contributed by atoms with Crippen LogP contribution in [0.15, 0.2) is 6.07 Å². The molecule has 66 valence electrons. The van der Waals surface area contributed by atoms with Crippen LogP contribution in [0.3, 0.4) is 0 Å². The number of halogens is 1. The van der Waals surface area contributed by atoms with Gasteiger partial charge in [-0.3, -0.25) is 0 Å². The van der Waals surface area contributed by atoms with Crippen LogP contribution in [-0.2, 0) is 6.54 Å². The van der Waals surface area contributed by atoms with E-state index in [-0.39, 0.29) is 5.82 Å². The maximum absolute atomic E-state index is 10.3. The van der Waals surface area contributed by atoms with Crippen molar-refractivity contribution in [2.45, 2.75) is 13.5 Å². The predicted octanol–water partition coefficient (Wildman–Crippen LogP) is 1.49. The molecule has 0 aliphatic rings. The molecule has 1 heterocycles. The molecule has 6 heteroatoms. The van der Waals surface area contributed by atoms with Crippen molar-refractivity contribution in [3.63, 3.8) is 0 Å². The Balaban J connectivity index is 2.92. The smallest absolute Gasteiger partial charge is 0.358 e. The summed E-state index contributed by atoms with van der Waals surface area (Å²) in [5, 5.41) is 14.8. The standard InChI is InChI=1S/C6H8BrN3O2/c1-5-4-6(10(11)12)8-9(5)3-2-7/h4H,2-3H2,1H3. The lowest BCUT2D eigenvalue weighted by Crippen LogP contribution is -2.03. The number of aromatic nitrogens is 2. The van der Waals surface area contributed by atoms with E-state index in [0.717, 1.165) is 11.0 Å². The van der Waals surface area contributed by atoms with Crippen LogP contribution >= 0.6 is 15.9 Å². The molecule has 0 amide bonds. The Bertz CT molecular complexity index is 297. The first-order chi connectivity index (χ1) is 5.65. The van der Waals surface area contributed by atoms with Gasteiger partial charge in [0.15, 0.2) is 0 Å². The highest BCUT2D eigenvalue weighted by Crippen LogP contribution is 2.10. The van der Waals surface area contributed by atoms with Gasteiger partial charge >= 0.3 is 5.82 Å². The predicted molar refractivity (Wildman–Crippen MR) is 47.4 cm³/mol. The fourth-order valence-corrected chi connectivity index (χ4v) is 1.22. The molecular weight excluding hydrogens is 226 g/mol. The molecule has 0 saturated heterocycles. The van der Waals surface area contributed by atoms with E-state index in [2.05, 4.69) is 21.0 Å². The molecule has 1 rings (SSSR count). The van der Waals surface area contributed by atoms with E-state index >= 15 is 0 Å². The zero-order valence-corrected chi connectivity index (χ0v) is 8.11. The van der Waals surface area contributed by atoms with E-state index < -0.39 is 4.92 Å². The highest BCUT2D eigenvalue weighted by Gasteiger charge is 2.13. The van der Waals surface area contributed by atoms with Crippen LogP contribution in [0.5, 0.6) is 0 Å². The topological polar surface area (TPSA) is 61.0 Å². The van der Waals surface area contributed by atoms with Crippen molar-refractivity contribution in [1.82, 2.24) is 9.78 Å². The Morgan fingerprint density at radius 2 is 2.50 bits per heavy atom. The first kappa shape index (κ1) is 9.18. The van der Waals surface area contributed by atoms with Gasteiger partial charge in [0.25, 0.3) is 0 Å². The van der Waals surface area contributed by atoms with Gasteiger partial charge in [-0.15, -0.1) is 0 Å². The minimum Gasteiger partial charge on any atom is -0.358 e. The Kier molecular flexibility index (Phi) is 2.80. The molecule has 0 bridgehead atoms. The van der Waals surface area contributed by atoms with Crippen LogP contribution in [0.4, 0.5) is 5.82 Å². The fraction of sp³-hybridized carbons (Fsp3) is 0.500. The second-order valence-electron chi connectivity index (χ2n) is 2.31. The van der Waals surface area contributed by atoms with Crippen molar-refractivity contribution in [2.75, 3.05) is 5.33 Å². The second-order valence-corrected chi connectivity index (χ2v) is 3.11. The molecular formula is C6H8BrN3O2. The van der Waals surface area contributed by atoms with Gasteiger partial charge in [0.05, 0.1) is 23.4 Å². The summed E-state index contributed by atoms with van der Waals surface area (Å²) in [5.74, 6) is -0.0894. The highest BCUT2D eigenvalue weighted by molar-refractivity contribution is 9.09. The maximum atomic E-state index is 10.3. The van der Waals surface area contributed by atoms with E-state index in [4.69, 9.17) is 0 Å². The number of hydrogen-bond donors (Lipinski definition) is 0. The van der Waals surface area contributed by atoms with Gasteiger partial charge in [0.1, 0.15) is 0 Å². The molecule has 1 aromatic heterocycles. The summed E-state index contributed by atoms with van der Waals surface area (Å²) < 4.78 is 1.60. The molecule has 1 aromatic rings. The molecule has 0 fully saturated rings. The van der Waals surface area contributed by atoms with E-state index in [1.54, 1.807) is 11.6 Å². The number of nitro groups is 1. The quantitative estimate of drug-likeness (QED) is 0.452. The SMILES string of the molecule is Cc1cc([N+](=O)[O-])nn1CCBr. The summed E-state index contributed by atoms with van der Waals surface area (Å²) in [6, 6.07) is 1.46. The van der Waals surface area contributed by atoms with Crippen molar-refractivity contribution in [3.05, 3.63) is 21.9 Å². The molecule has 0 radical (unpaired) electrons. The van der Waals surface area contributed by atoms with Crippen LogP contribution < -0.4 is 0 Å². The molecule has 12 heavy (non-hydrogen) atoms. The molecule has 0 aliphatic heterocycles. The zero-order chi connectivity index (χ0) is 9.14. The summed E-state index contributed by atoms with van der Waals surface area (Å²) in [7, 11) is 0. The number of rotatable bonds is 3. The van der Waals surface area contributed by atoms with Crippen molar-refractivity contribution in [3.8, 4) is 0 Å². The molecule has 0 saturated carbocycles. The van der Waals surface area contributed by atoms with Gasteiger partial charge in [-0.1, -0.05) is 15.9 Å². The van der Waals surface area contributed by atoms with E-state index in [1.165, 1.54) is 6.07 Å². The van der Waals surface area contributed by atoms with Crippen molar-refractivity contribution in [1.29, 1.82) is 0 Å². The van der Waals surface area contributed by atoms with E-state index in [0.29, 0.717) is 6.54 Å². The van der Waals surface area contributed by atoms with Crippen LogP contribution in [-0.4, -0.2) is 20.0 Å². The van der Waals surface area contributed by atoms with Crippen LogP contribution in [0.2, 0.25) is 0 Å². The molecule has 0 unspecified atom stereocenters. The third-order valence-electron chi connectivity index (χ3n) is 1.45. The summed E-state index contributed by atoms with van der Waals surface area (Å²) in [5.41, 5.74) is 0.807. The number of hydrogen-bond acceptors (Lipinski definition) is 3.